The number of hydrogen-bond acceptors (Lipinski definition) is 5. The standard InChI is InChI=1S/C30H36ClNO4/c1-5-26(33)23-9-6-21(23)16-32-17-30(13-12-19-14-22(31)8-10-24(19)30)18-35-27-11-7-20(15-25(27)32)28(34)36-29(2,3)4/h5,7-8,10-11,14-15,21,23,26,33H,1,6,9,12-13,16-18H2,2-4H3/t21-,23+,26-,30?/m0/s1. The molecule has 0 aromatic heterocycles. The second kappa shape index (κ2) is 9.42. The molecule has 192 valence electrons. The maximum atomic E-state index is 12.9. The molecule has 0 saturated heterocycles. The molecule has 3 aliphatic rings. The summed E-state index contributed by atoms with van der Waals surface area (Å²) >= 11 is 6.31. The molecule has 1 spiro atoms. The van der Waals surface area contributed by atoms with Gasteiger partial charge in [-0.25, -0.2) is 4.79 Å². The van der Waals surface area contributed by atoms with E-state index in [2.05, 4.69) is 23.6 Å². The smallest absolute Gasteiger partial charge is 0.338 e. The molecule has 1 heterocycles. The monoisotopic (exact) mass is 509 g/mol. The maximum Gasteiger partial charge on any atom is 0.338 e. The van der Waals surface area contributed by atoms with Crippen molar-refractivity contribution in [1.29, 1.82) is 0 Å². The van der Waals surface area contributed by atoms with Gasteiger partial charge in [0.25, 0.3) is 0 Å². The number of fused-ring (bicyclic) bond motifs is 3. The number of aliphatic hydroxyl groups is 1. The minimum atomic E-state index is -0.571. The lowest BCUT2D eigenvalue weighted by Crippen LogP contribution is -2.47. The highest BCUT2D eigenvalue weighted by Gasteiger charge is 2.45. The van der Waals surface area contributed by atoms with Crippen molar-refractivity contribution >= 4 is 23.3 Å². The summed E-state index contributed by atoms with van der Waals surface area (Å²) in [7, 11) is 0. The van der Waals surface area contributed by atoms with Gasteiger partial charge in [0.05, 0.1) is 24.0 Å². The fraction of sp³-hybridized carbons (Fsp3) is 0.500. The van der Waals surface area contributed by atoms with Crippen LogP contribution in [0, 0.1) is 11.8 Å². The molecule has 2 aliphatic carbocycles. The molecule has 1 aliphatic heterocycles. The van der Waals surface area contributed by atoms with Gasteiger partial charge in [0, 0.05) is 23.5 Å². The molecule has 1 unspecified atom stereocenters. The molecule has 2 aromatic carbocycles. The third-order valence-corrected chi connectivity index (χ3v) is 8.29. The summed E-state index contributed by atoms with van der Waals surface area (Å²) in [6.07, 6.45) is 5.16. The predicted molar refractivity (Wildman–Crippen MR) is 143 cm³/mol. The van der Waals surface area contributed by atoms with Crippen molar-refractivity contribution in [2.75, 3.05) is 24.6 Å². The fourth-order valence-corrected chi connectivity index (χ4v) is 6.26. The van der Waals surface area contributed by atoms with Gasteiger partial charge in [0.1, 0.15) is 11.4 Å². The summed E-state index contributed by atoms with van der Waals surface area (Å²) in [4.78, 5) is 15.3. The Balaban J connectivity index is 1.51. The van der Waals surface area contributed by atoms with Crippen LogP contribution in [0.3, 0.4) is 0 Å². The first-order valence-corrected chi connectivity index (χ1v) is 13.3. The molecule has 0 amide bonds. The van der Waals surface area contributed by atoms with Gasteiger partial charge in [0.15, 0.2) is 0 Å². The summed E-state index contributed by atoms with van der Waals surface area (Å²) in [6, 6.07) is 11.8. The second-order valence-corrected chi connectivity index (χ2v) is 12.1. The van der Waals surface area contributed by atoms with Crippen molar-refractivity contribution in [3.05, 3.63) is 70.8 Å². The highest BCUT2D eigenvalue weighted by Crippen LogP contribution is 2.47. The minimum absolute atomic E-state index is 0.165. The van der Waals surface area contributed by atoms with E-state index in [9.17, 15) is 9.90 Å². The van der Waals surface area contributed by atoms with E-state index in [4.69, 9.17) is 21.1 Å². The number of nitrogens with zero attached hydrogens (tertiary/aromatic N) is 1. The zero-order chi connectivity index (χ0) is 25.7. The molecule has 1 N–H and O–H groups in total. The Morgan fingerprint density at radius 3 is 2.81 bits per heavy atom. The number of ether oxygens (including phenoxy) is 2. The summed E-state index contributed by atoms with van der Waals surface area (Å²) in [5.74, 6) is 0.988. The number of anilines is 1. The van der Waals surface area contributed by atoms with E-state index >= 15 is 0 Å². The van der Waals surface area contributed by atoms with Crippen LogP contribution >= 0.6 is 11.6 Å². The minimum Gasteiger partial charge on any atom is -0.490 e. The molecule has 4 atom stereocenters. The van der Waals surface area contributed by atoms with Gasteiger partial charge in [-0.2, -0.15) is 0 Å². The van der Waals surface area contributed by atoms with Gasteiger partial charge in [0.2, 0.25) is 0 Å². The zero-order valence-corrected chi connectivity index (χ0v) is 22.2. The van der Waals surface area contributed by atoms with Crippen molar-refractivity contribution in [2.45, 2.75) is 63.6 Å². The van der Waals surface area contributed by atoms with Crippen LogP contribution in [0.2, 0.25) is 5.02 Å². The topological polar surface area (TPSA) is 59.0 Å². The molecule has 2 aromatic rings. The average Bonchev–Trinajstić information content (AvgIpc) is 3.06. The van der Waals surface area contributed by atoms with E-state index in [1.807, 2.05) is 39.0 Å². The van der Waals surface area contributed by atoms with Crippen LogP contribution < -0.4 is 9.64 Å². The number of benzene rings is 2. The number of carbonyl (C=O) groups excluding carboxylic acids is 1. The first-order valence-electron chi connectivity index (χ1n) is 12.9. The molecule has 0 bridgehead atoms. The molecular weight excluding hydrogens is 474 g/mol. The number of aryl methyl sites for hydroxylation is 1. The van der Waals surface area contributed by atoms with Gasteiger partial charge in [-0.05, 0) is 99.7 Å². The van der Waals surface area contributed by atoms with Crippen LogP contribution in [0.4, 0.5) is 5.69 Å². The SMILES string of the molecule is C=C[C@H](O)[C@@H]1CC[C@H]1CN1CC2(CCc3cc(Cl)ccc32)COc2ccc(C(=O)OC(C)(C)C)cc21. The summed E-state index contributed by atoms with van der Waals surface area (Å²) in [5, 5.41) is 11.2. The molecular formula is C30H36ClNO4. The van der Waals surface area contributed by atoms with E-state index < -0.39 is 11.7 Å². The normalized spacial score (nSPS) is 25.8. The Morgan fingerprint density at radius 2 is 2.11 bits per heavy atom. The third-order valence-electron chi connectivity index (χ3n) is 8.05. The van der Waals surface area contributed by atoms with E-state index in [1.54, 1.807) is 12.1 Å². The highest BCUT2D eigenvalue weighted by atomic mass is 35.5. The van der Waals surface area contributed by atoms with Crippen LogP contribution in [-0.4, -0.2) is 42.5 Å². The summed E-state index contributed by atoms with van der Waals surface area (Å²) in [5.41, 5.74) is 3.28. The Bertz CT molecular complexity index is 1170. The number of esters is 1. The Labute approximate surface area is 219 Å². The molecule has 5 rings (SSSR count). The van der Waals surface area contributed by atoms with Gasteiger partial charge in [-0.1, -0.05) is 23.7 Å². The predicted octanol–water partition coefficient (Wildman–Crippen LogP) is 5.95. The summed E-state index contributed by atoms with van der Waals surface area (Å²) < 4.78 is 12.1. The third kappa shape index (κ3) is 4.76. The maximum absolute atomic E-state index is 12.9. The zero-order valence-electron chi connectivity index (χ0n) is 21.4. The van der Waals surface area contributed by atoms with E-state index in [0.29, 0.717) is 18.1 Å². The number of hydrogen-bond donors (Lipinski definition) is 1. The molecule has 1 saturated carbocycles. The van der Waals surface area contributed by atoms with Crippen molar-refractivity contribution in [3.63, 3.8) is 0 Å². The molecule has 1 fully saturated rings. The Kier molecular flexibility index (Phi) is 6.59. The van der Waals surface area contributed by atoms with Gasteiger partial charge < -0.3 is 19.5 Å². The lowest BCUT2D eigenvalue weighted by Gasteiger charge is -2.43. The number of carbonyl (C=O) groups is 1. The fourth-order valence-electron chi connectivity index (χ4n) is 6.06. The van der Waals surface area contributed by atoms with E-state index in [-0.39, 0.29) is 17.3 Å². The first kappa shape index (κ1) is 25.2. The molecule has 36 heavy (non-hydrogen) atoms. The van der Waals surface area contributed by atoms with Crippen molar-refractivity contribution in [3.8, 4) is 5.75 Å². The Morgan fingerprint density at radius 1 is 1.31 bits per heavy atom. The number of aliphatic hydroxyl groups excluding tert-OH is 1. The van der Waals surface area contributed by atoms with Crippen LogP contribution in [0.15, 0.2) is 49.1 Å². The highest BCUT2D eigenvalue weighted by molar-refractivity contribution is 6.30. The van der Waals surface area contributed by atoms with Crippen molar-refractivity contribution in [1.82, 2.24) is 0 Å². The molecule has 5 nitrogen and oxygen atoms in total. The quantitative estimate of drug-likeness (QED) is 0.398. The Hall–Kier alpha value is -2.50. The van der Waals surface area contributed by atoms with Crippen LogP contribution in [-0.2, 0) is 16.6 Å². The van der Waals surface area contributed by atoms with Gasteiger partial charge in [-0.15, -0.1) is 6.58 Å². The van der Waals surface area contributed by atoms with Crippen molar-refractivity contribution < 1.29 is 19.4 Å². The average molecular weight is 510 g/mol. The first-order chi connectivity index (χ1) is 17.1. The van der Waals surface area contributed by atoms with Gasteiger partial charge in [-0.3, -0.25) is 0 Å². The van der Waals surface area contributed by atoms with E-state index in [1.165, 1.54) is 11.1 Å². The summed E-state index contributed by atoms with van der Waals surface area (Å²) in [6.45, 7) is 11.6. The number of halogens is 1. The number of rotatable bonds is 5. The lowest BCUT2D eigenvalue weighted by molar-refractivity contribution is 0.00695. The van der Waals surface area contributed by atoms with Crippen LogP contribution in [0.5, 0.6) is 5.75 Å². The van der Waals surface area contributed by atoms with E-state index in [0.717, 1.165) is 55.2 Å². The molecule has 0 radical (unpaired) electrons. The van der Waals surface area contributed by atoms with Gasteiger partial charge >= 0.3 is 5.97 Å². The van der Waals surface area contributed by atoms with Crippen molar-refractivity contribution in [2.24, 2.45) is 11.8 Å². The van der Waals surface area contributed by atoms with Crippen LogP contribution in [0.25, 0.3) is 0 Å². The largest absolute Gasteiger partial charge is 0.490 e. The second-order valence-electron chi connectivity index (χ2n) is 11.7. The molecule has 6 heteroatoms. The van der Waals surface area contributed by atoms with Crippen LogP contribution in [0.1, 0.15) is 61.5 Å². The lowest BCUT2D eigenvalue weighted by atomic mass is 9.70.